The van der Waals surface area contributed by atoms with Crippen molar-refractivity contribution < 1.29 is 19.5 Å². The molecule has 0 bridgehead atoms. The third-order valence-electron chi connectivity index (χ3n) is 3.76. The Balaban J connectivity index is 2.01. The topological polar surface area (TPSA) is 111 Å². The Kier molecular flexibility index (Phi) is 2.93. The number of hydrogen-bond acceptors (Lipinski definition) is 4. The third-order valence-corrected chi connectivity index (χ3v) is 3.76. The Hall–Kier alpha value is -2.77. The number of imide groups is 1. The second-order valence-corrected chi connectivity index (χ2v) is 5.07. The standard InChI is InChI=1S/C13H14N4O4/c1-17-10-8(11(19)16-13(17)21)9(14-12(20)15-10)6-3-2-4-7(18)5-6/h2-5,8-10,18H,1H3,(H2,14,15,20)(H,16,19,21). The van der Waals surface area contributed by atoms with Gasteiger partial charge in [-0.3, -0.25) is 10.1 Å². The summed E-state index contributed by atoms with van der Waals surface area (Å²) in [5.74, 6) is -1.12. The number of nitrogens with one attached hydrogen (secondary N) is 3. The van der Waals surface area contributed by atoms with E-state index in [-0.39, 0.29) is 5.75 Å². The van der Waals surface area contributed by atoms with E-state index in [2.05, 4.69) is 16.0 Å². The molecular formula is C13H14N4O4. The Morgan fingerprint density at radius 1 is 1.19 bits per heavy atom. The van der Waals surface area contributed by atoms with Crippen molar-refractivity contribution in [3.8, 4) is 5.75 Å². The number of rotatable bonds is 1. The molecule has 21 heavy (non-hydrogen) atoms. The largest absolute Gasteiger partial charge is 0.508 e. The summed E-state index contributed by atoms with van der Waals surface area (Å²) in [6.45, 7) is 0. The van der Waals surface area contributed by atoms with Crippen molar-refractivity contribution >= 4 is 18.0 Å². The summed E-state index contributed by atoms with van der Waals surface area (Å²) in [7, 11) is 1.50. The maximum atomic E-state index is 12.1. The van der Waals surface area contributed by atoms with Crippen LogP contribution in [0.5, 0.6) is 5.75 Å². The zero-order valence-corrected chi connectivity index (χ0v) is 11.2. The van der Waals surface area contributed by atoms with E-state index >= 15 is 0 Å². The average Bonchev–Trinajstić information content (AvgIpc) is 2.44. The highest BCUT2D eigenvalue weighted by Crippen LogP contribution is 2.32. The summed E-state index contributed by atoms with van der Waals surface area (Å²) in [6, 6.07) is 4.65. The summed E-state index contributed by atoms with van der Waals surface area (Å²) < 4.78 is 0. The molecule has 1 aromatic rings. The quantitative estimate of drug-likeness (QED) is 0.577. The predicted octanol–water partition coefficient (Wildman–Crippen LogP) is -0.130. The van der Waals surface area contributed by atoms with Crippen molar-refractivity contribution in [2.45, 2.75) is 12.2 Å². The molecule has 2 heterocycles. The maximum Gasteiger partial charge on any atom is 0.325 e. The average molecular weight is 290 g/mol. The van der Waals surface area contributed by atoms with Crippen LogP contribution in [0.1, 0.15) is 11.6 Å². The van der Waals surface area contributed by atoms with Gasteiger partial charge in [-0.1, -0.05) is 12.1 Å². The fourth-order valence-electron chi connectivity index (χ4n) is 2.72. The molecule has 3 rings (SSSR count). The molecule has 2 fully saturated rings. The Bertz CT molecular complexity index is 632. The van der Waals surface area contributed by atoms with E-state index in [1.807, 2.05) is 0 Å². The minimum atomic E-state index is -0.729. The molecular weight excluding hydrogens is 276 g/mol. The van der Waals surface area contributed by atoms with Crippen LogP contribution in [0.3, 0.4) is 0 Å². The molecule has 2 saturated heterocycles. The van der Waals surface area contributed by atoms with E-state index in [1.54, 1.807) is 12.1 Å². The first-order valence-corrected chi connectivity index (χ1v) is 6.41. The number of amides is 5. The van der Waals surface area contributed by atoms with E-state index in [9.17, 15) is 19.5 Å². The van der Waals surface area contributed by atoms with Gasteiger partial charge in [0, 0.05) is 7.05 Å². The molecule has 2 aliphatic heterocycles. The van der Waals surface area contributed by atoms with Crippen molar-refractivity contribution in [2.75, 3.05) is 7.05 Å². The number of carbonyl (C=O) groups is 3. The molecule has 0 radical (unpaired) electrons. The molecule has 0 saturated carbocycles. The minimum absolute atomic E-state index is 0.0393. The third kappa shape index (κ3) is 2.14. The van der Waals surface area contributed by atoms with Gasteiger partial charge >= 0.3 is 12.1 Å². The molecule has 8 nitrogen and oxygen atoms in total. The highest BCUT2D eigenvalue weighted by atomic mass is 16.3. The van der Waals surface area contributed by atoms with E-state index in [1.165, 1.54) is 24.1 Å². The maximum absolute atomic E-state index is 12.1. The lowest BCUT2D eigenvalue weighted by Crippen LogP contribution is -2.71. The Morgan fingerprint density at radius 3 is 2.67 bits per heavy atom. The van der Waals surface area contributed by atoms with Gasteiger partial charge in [-0.2, -0.15) is 0 Å². The van der Waals surface area contributed by atoms with E-state index in [4.69, 9.17) is 0 Å². The first-order chi connectivity index (χ1) is 9.97. The molecule has 3 atom stereocenters. The number of aromatic hydroxyl groups is 1. The van der Waals surface area contributed by atoms with Crippen LogP contribution in [-0.4, -0.2) is 41.2 Å². The van der Waals surface area contributed by atoms with Crippen molar-refractivity contribution in [3.63, 3.8) is 0 Å². The van der Waals surface area contributed by atoms with Gasteiger partial charge in [0.25, 0.3) is 0 Å². The number of benzene rings is 1. The van der Waals surface area contributed by atoms with Crippen LogP contribution in [0.15, 0.2) is 24.3 Å². The van der Waals surface area contributed by atoms with Gasteiger partial charge in [0.15, 0.2) is 0 Å². The first-order valence-electron chi connectivity index (χ1n) is 6.41. The number of fused-ring (bicyclic) bond motifs is 1. The Morgan fingerprint density at radius 2 is 1.95 bits per heavy atom. The molecule has 0 aromatic heterocycles. The first kappa shape index (κ1) is 13.2. The molecule has 0 aliphatic carbocycles. The van der Waals surface area contributed by atoms with Crippen LogP contribution < -0.4 is 16.0 Å². The number of phenols is 1. The predicted molar refractivity (Wildman–Crippen MR) is 71.1 cm³/mol. The summed E-state index contributed by atoms with van der Waals surface area (Å²) in [6.07, 6.45) is -0.729. The van der Waals surface area contributed by atoms with Gasteiger partial charge in [-0.15, -0.1) is 0 Å². The molecule has 4 N–H and O–H groups in total. The minimum Gasteiger partial charge on any atom is -0.508 e. The molecule has 8 heteroatoms. The van der Waals surface area contributed by atoms with Crippen LogP contribution >= 0.6 is 0 Å². The molecule has 2 aliphatic rings. The molecule has 3 unspecified atom stereocenters. The number of nitrogens with zero attached hydrogens (tertiary/aromatic N) is 1. The lowest BCUT2D eigenvalue weighted by atomic mass is 9.86. The van der Waals surface area contributed by atoms with Crippen LogP contribution in [0.25, 0.3) is 0 Å². The van der Waals surface area contributed by atoms with Crippen LogP contribution in [-0.2, 0) is 4.79 Å². The van der Waals surface area contributed by atoms with Crippen molar-refractivity contribution in [1.29, 1.82) is 0 Å². The highest BCUT2D eigenvalue weighted by Gasteiger charge is 2.48. The van der Waals surface area contributed by atoms with Crippen molar-refractivity contribution in [3.05, 3.63) is 29.8 Å². The summed E-state index contributed by atoms with van der Waals surface area (Å²) in [4.78, 5) is 36.9. The zero-order valence-electron chi connectivity index (χ0n) is 11.2. The summed E-state index contributed by atoms with van der Waals surface area (Å²) in [5.41, 5.74) is 0.595. The fourth-order valence-corrected chi connectivity index (χ4v) is 2.72. The summed E-state index contributed by atoms with van der Waals surface area (Å²) in [5, 5.41) is 17.1. The Labute approximate surface area is 120 Å². The highest BCUT2D eigenvalue weighted by molar-refractivity contribution is 6.00. The number of hydrogen-bond donors (Lipinski definition) is 4. The van der Waals surface area contributed by atoms with E-state index < -0.39 is 36.1 Å². The van der Waals surface area contributed by atoms with Gasteiger partial charge < -0.3 is 20.6 Å². The van der Waals surface area contributed by atoms with Gasteiger partial charge in [0.1, 0.15) is 17.8 Å². The van der Waals surface area contributed by atoms with Crippen molar-refractivity contribution in [1.82, 2.24) is 20.9 Å². The molecule has 110 valence electrons. The van der Waals surface area contributed by atoms with Crippen LogP contribution in [0.2, 0.25) is 0 Å². The number of phenolic OH excluding ortho intramolecular Hbond substituents is 1. The second kappa shape index (κ2) is 4.65. The van der Waals surface area contributed by atoms with E-state index in [0.717, 1.165) is 0 Å². The zero-order chi connectivity index (χ0) is 15.1. The van der Waals surface area contributed by atoms with Crippen LogP contribution in [0, 0.1) is 5.92 Å². The SMILES string of the molecule is CN1C(=O)NC(=O)C2C(c3cccc(O)c3)NC(=O)NC21. The lowest BCUT2D eigenvalue weighted by Gasteiger charge is -2.45. The van der Waals surface area contributed by atoms with Crippen LogP contribution in [0.4, 0.5) is 9.59 Å². The number of urea groups is 2. The normalized spacial score (nSPS) is 28.3. The van der Waals surface area contributed by atoms with Gasteiger partial charge in [0.05, 0.1) is 6.04 Å². The van der Waals surface area contributed by atoms with Gasteiger partial charge in [-0.05, 0) is 17.7 Å². The molecule has 1 aromatic carbocycles. The molecule has 5 amide bonds. The fraction of sp³-hybridized carbons (Fsp3) is 0.308. The smallest absolute Gasteiger partial charge is 0.325 e. The van der Waals surface area contributed by atoms with Gasteiger partial charge in [0.2, 0.25) is 5.91 Å². The lowest BCUT2D eigenvalue weighted by molar-refractivity contribution is -0.130. The second-order valence-electron chi connectivity index (χ2n) is 5.07. The van der Waals surface area contributed by atoms with Gasteiger partial charge in [-0.25, -0.2) is 9.59 Å². The summed E-state index contributed by atoms with van der Waals surface area (Å²) >= 11 is 0. The van der Waals surface area contributed by atoms with E-state index in [0.29, 0.717) is 5.56 Å². The molecule has 0 spiro atoms. The van der Waals surface area contributed by atoms with Crippen molar-refractivity contribution in [2.24, 2.45) is 5.92 Å². The number of carbonyl (C=O) groups excluding carboxylic acids is 3. The monoisotopic (exact) mass is 290 g/mol.